The molecule has 2 heterocycles. The molecule has 9 fully saturated rings. The van der Waals surface area contributed by atoms with Gasteiger partial charge in [0.15, 0.2) is 0 Å². The molecule has 0 aromatic rings. The zero-order valence-electron chi connectivity index (χ0n) is 28.8. The highest BCUT2D eigenvalue weighted by atomic mass is 16.5. The molecule has 45 heavy (non-hydrogen) atoms. The second-order valence-corrected chi connectivity index (χ2v) is 18.6. The van der Waals surface area contributed by atoms with Crippen LogP contribution in [0.4, 0.5) is 0 Å². The minimum atomic E-state index is 0.469. The summed E-state index contributed by atoms with van der Waals surface area (Å²) in [4.78, 5) is 0. The number of rotatable bonds is 4. The molecule has 4 nitrogen and oxygen atoms in total. The summed E-state index contributed by atoms with van der Waals surface area (Å²) in [5.74, 6) is 10.1. The maximum absolute atomic E-state index is 7.35. The lowest BCUT2D eigenvalue weighted by Gasteiger charge is -2.53. The minimum Gasteiger partial charge on any atom is -0.374 e. The summed E-state index contributed by atoms with van der Waals surface area (Å²) in [6, 6.07) is 0. The standard InChI is InChI=1S/C41H69N3O/c1-3-12-27(13-4-1)35-25-37-38(32-20-10-9-19-31(32)35)34-23-22-29(24-36(34)45-37)40-42-39(28-15-5-2-6-16-28)43-41(44-40)33-21-11-17-26-14-7-8-18-30(26)33/h26-44H,1-25H2. The summed E-state index contributed by atoms with van der Waals surface area (Å²) in [5.41, 5.74) is 0. The van der Waals surface area contributed by atoms with Crippen LogP contribution in [0.5, 0.6) is 0 Å². The maximum Gasteiger partial charge on any atom is 0.0627 e. The van der Waals surface area contributed by atoms with Gasteiger partial charge < -0.3 is 4.74 Å². The van der Waals surface area contributed by atoms with Crippen molar-refractivity contribution in [2.75, 3.05) is 0 Å². The number of ether oxygens (including phenoxy) is 1. The van der Waals surface area contributed by atoms with Gasteiger partial charge >= 0.3 is 0 Å². The summed E-state index contributed by atoms with van der Waals surface area (Å²) in [7, 11) is 0. The Hall–Kier alpha value is -0.160. The first-order chi connectivity index (χ1) is 22.3. The SMILES string of the molecule is C1CCC(C2NC(C3CCC4C(C3)OC3CC(C5CCCCC5)C5CCCCC5C34)NC(C3CCCC4CCCCC43)N2)CC1. The van der Waals surface area contributed by atoms with Gasteiger partial charge in [0.1, 0.15) is 0 Å². The van der Waals surface area contributed by atoms with Crippen LogP contribution >= 0.6 is 0 Å². The molecule has 2 aliphatic heterocycles. The zero-order valence-corrected chi connectivity index (χ0v) is 28.8. The molecule has 7 aliphatic carbocycles. The topological polar surface area (TPSA) is 45.3 Å². The molecule has 14 atom stereocenters. The lowest BCUT2D eigenvalue weighted by molar-refractivity contribution is -0.0693. The van der Waals surface area contributed by atoms with Gasteiger partial charge in [-0.1, -0.05) is 96.3 Å². The molecule has 4 heteroatoms. The first-order valence-corrected chi connectivity index (χ1v) is 21.2. The van der Waals surface area contributed by atoms with E-state index in [0.717, 1.165) is 65.1 Å². The minimum absolute atomic E-state index is 0.469. The molecule has 0 spiro atoms. The third-order valence-electron chi connectivity index (χ3n) is 16.6. The fourth-order valence-corrected chi connectivity index (χ4v) is 14.6. The van der Waals surface area contributed by atoms with E-state index in [1.54, 1.807) is 6.42 Å². The first kappa shape index (κ1) is 30.9. The summed E-state index contributed by atoms with van der Waals surface area (Å²) in [6.45, 7) is 0. The van der Waals surface area contributed by atoms with Crippen molar-refractivity contribution < 1.29 is 4.74 Å². The van der Waals surface area contributed by atoms with Crippen LogP contribution in [0.3, 0.4) is 0 Å². The fraction of sp³-hybridized carbons (Fsp3) is 1.00. The van der Waals surface area contributed by atoms with Gasteiger partial charge in [0.25, 0.3) is 0 Å². The fourth-order valence-electron chi connectivity index (χ4n) is 14.6. The monoisotopic (exact) mass is 620 g/mol. The van der Waals surface area contributed by atoms with Crippen molar-refractivity contribution in [3.05, 3.63) is 0 Å². The lowest BCUT2D eigenvalue weighted by Crippen LogP contribution is -2.73. The molecule has 0 radical (unpaired) electrons. The Kier molecular flexibility index (Phi) is 9.35. The van der Waals surface area contributed by atoms with Gasteiger partial charge in [-0.15, -0.1) is 0 Å². The Morgan fingerprint density at radius 2 is 0.867 bits per heavy atom. The van der Waals surface area contributed by atoms with Crippen molar-refractivity contribution >= 4 is 0 Å². The van der Waals surface area contributed by atoms with Gasteiger partial charge in [0.2, 0.25) is 0 Å². The van der Waals surface area contributed by atoms with Gasteiger partial charge in [-0.05, 0) is 129 Å². The Morgan fingerprint density at radius 3 is 1.64 bits per heavy atom. The van der Waals surface area contributed by atoms with E-state index in [4.69, 9.17) is 4.74 Å². The van der Waals surface area contributed by atoms with Crippen LogP contribution < -0.4 is 16.0 Å². The van der Waals surface area contributed by atoms with E-state index < -0.39 is 0 Å². The smallest absolute Gasteiger partial charge is 0.0627 e. The van der Waals surface area contributed by atoms with Crippen LogP contribution in [0.25, 0.3) is 0 Å². The van der Waals surface area contributed by atoms with E-state index in [-0.39, 0.29) is 0 Å². The van der Waals surface area contributed by atoms with Crippen molar-refractivity contribution in [3.8, 4) is 0 Å². The number of fused-ring (bicyclic) bond motifs is 6. The highest BCUT2D eigenvalue weighted by Gasteiger charge is 2.57. The molecule has 0 bridgehead atoms. The first-order valence-electron chi connectivity index (χ1n) is 21.2. The second kappa shape index (κ2) is 13.6. The summed E-state index contributed by atoms with van der Waals surface area (Å²) < 4.78 is 7.35. The molecular weight excluding hydrogens is 550 g/mol. The number of nitrogens with one attached hydrogen (secondary N) is 3. The largest absolute Gasteiger partial charge is 0.374 e. The van der Waals surface area contributed by atoms with Crippen molar-refractivity contribution in [3.63, 3.8) is 0 Å². The van der Waals surface area contributed by atoms with Crippen molar-refractivity contribution in [2.45, 2.75) is 191 Å². The van der Waals surface area contributed by atoms with Crippen LogP contribution in [0.15, 0.2) is 0 Å². The third-order valence-corrected chi connectivity index (χ3v) is 16.6. The second-order valence-electron chi connectivity index (χ2n) is 18.6. The lowest BCUT2D eigenvalue weighted by atomic mass is 9.53. The van der Waals surface area contributed by atoms with E-state index in [1.807, 2.05) is 0 Å². The molecule has 2 saturated heterocycles. The summed E-state index contributed by atoms with van der Waals surface area (Å²) in [6.07, 6.45) is 39.4. The van der Waals surface area contributed by atoms with Gasteiger partial charge in [0, 0.05) is 0 Å². The molecule has 3 N–H and O–H groups in total. The number of hydrogen-bond donors (Lipinski definition) is 3. The Balaban J connectivity index is 0.919. The summed E-state index contributed by atoms with van der Waals surface area (Å²) in [5, 5.41) is 12.9. The number of hydrogen-bond acceptors (Lipinski definition) is 4. The Labute approximate surface area is 276 Å². The van der Waals surface area contributed by atoms with Crippen LogP contribution in [-0.4, -0.2) is 30.7 Å². The van der Waals surface area contributed by atoms with Gasteiger partial charge in [-0.3, -0.25) is 16.0 Å². The van der Waals surface area contributed by atoms with Crippen LogP contribution in [0.1, 0.15) is 161 Å². The molecule has 9 aliphatic rings. The Bertz CT molecular complexity index is 974. The van der Waals surface area contributed by atoms with E-state index in [9.17, 15) is 0 Å². The third kappa shape index (κ3) is 6.03. The van der Waals surface area contributed by atoms with Crippen LogP contribution in [0, 0.1) is 65.1 Å². The average molecular weight is 620 g/mol. The normalized spacial score (nSPS) is 51.5. The average Bonchev–Trinajstić information content (AvgIpc) is 3.49. The molecule has 254 valence electrons. The van der Waals surface area contributed by atoms with Gasteiger partial charge in [0.05, 0.1) is 30.7 Å². The Morgan fingerprint density at radius 1 is 0.311 bits per heavy atom. The highest BCUT2D eigenvalue weighted by Crippen LogP contribution is 2.59. The quantitative estimate of drug-likeness (QED) is 0.294. The maximum atomic E-state index is 7.35. The molecule has 7 saturated carbocycles. The van der Waals surface area contributed by atoms with Crippen molar-refractivity contribution in [2.24, 2.45) is 65.1 Å². The predicted octanol–water partition coefficient (Wildman–Crippen LogP) is 9.14. The molecule has 0 amide bonds. The van der Waals surface area contributed by atoms with E-state index in [2.05, 4.69) is 16.0 Å². The van der Waals surface area contributed by atoms with E-state index >= 15 is 0 Å². The van der Waals surface area contributed by atoms with Crippen molar-refractivity contribution in [1.82, 2.24) is 16.0 Å². The molecule has 14 unspecified atom stereocenters. The molecule has 9 rings (SSSR count). The van der Waals surface area contributed by atoms with Gasteiger partial charge in [-0.25, -0.2) is 0 Å². The van der Waals surface area contributed by atoms with E-state index in [0.29, 0.717) is 30.7 Å². The van der Waals surface area contributed by atoms with Crippen LogP contribution in [-0.2, 0) is 4.74 Å². The zero-order chi connectivity index (χ0) is 29.7. The van der Waals surface area contributed by atoms with Crippen molar-refractivity contribution in [1.29, 1.82) is 0 Å². The molecule has 0 aromatic heterocycles. The highest BCUT2D eigenvalue weighted by molar-refractivity contribution is 5.06. The van der Waals surface area contributed by atoms with E-state index in [1.165, 1.54) is 154 Å². The summed E-state index contributed by atoms with van der Waals surface area (Å²) >= 11 is 0. The van der Waals surface area contributed by atoms with Crippen LogP contribution in [0.2, 0.25) is 0 Å². The molecule has 0 aromatic carbocycles. The molecular formula is C41H69N3O. The van der Waals surface area contributed by atoms with Gasteiger partial charge in [-0.2, -0.15) is 0 Å². The predicted molar refractivity (Wildman–Crippen MR) is 183 cm³/mol.